The van der Waals surface area contributed by atoms with Crippen molar-refractivity contribution in [3.63, 3.8) is 0 Å². The molecule has 2 nitrogen and oxygen atoms in total. The maximum atomic E-state index is 10.9. The molecule has 1 unspecified atom stereocenters. The number of Topliss-reactive ketones (excluding diaryl/α,β-unsaturated/α-hetero) is 1. The van der Waals surface area contributed by atoms with Crippen LogP contribution in [0, 0.1) is 5.41 Å². The first-order chi connectivity index (χ1) is 5.16. The average molecular weight is 154 g/mol. The van der Waals surface area contributed by atoms with Gasteiger partial charge >= 0.3 is 0 Å². The number of ketones is 1. The highest BCUT2D eigenvalue weighted by Crippen LogP contribution is 2.38. The molecule has 11 heavy (non-hydrogen) atoms. The smallest absolute Gasteiger partial charge is 0.133 e. The van der Waals surface area contributed by atoms with E-state index in [1.807, 2.05) is 0 Å². The Balaban J connectivity index is 2.41. The van der Waals surface area contributed by atoms with Crippen molar-refractivity contribution in [2.24, 2.45) is 5.41 Å². The third-order valence-corrected chi connectivity index (χ3v) is 2.50. The molecular formula is C9H14O2. The molecule has 1 fully saturated rings. The molecular weight excluding hydrogens is 140 g/mol. The molecule has 62 valence electrons. The van der Waals surface area contributed by atoms with E-state index >= 15 is 0 Å². The van der Waals surface area contributed by atoms with E-state index in [1.165, 1.54) is 0 Å². The Morgan fingerprint density at radius 1 is 1.64 bits per heavy atom. The number of hydrogen-bond donors (Lipinski definition) is 0. The molecule has 0 aromatic heterocycles. The Morgan fingerprint density at radius 2 is 2.36 bits per heavy atom. The molecule has 0 spiro atoms. The van der Waals surface area contributed by atoms with E-state index in [0.29, 0.717) is 18.6 Å². The van der Waals surface area contributed by atoms with Gasteiger partial charge in [-0.15, -0.1) is 0 Å². The van der Waals surface area contributed by atoms with Gasteiger partial charge in [0.15, 0.2) is 0 Å². The van der Waals surface area contributed by atoms with Gasteiger partial charge in [-0.05, 0) is 18.3 Å². The normalized spacial score (nSPS) is 30.8. The molecule has 2 heteroatoms. The van der Waals surface area contributed by atoms with Gasteiger partial charge in [-0.25, -0.2) is 0 Å². The molecule has 1 aliphatic carbocycles. The van der Waals surface area contributed by atoms with Crippen LogP contribution in [-0.2, 0) is 9.59 Å². The van der Waals surface area contributed by atoms with Crippen LogP contribution in [-0.4, -0.2) is 12.1 Å². The zero-order valence-corrected chi connectivity index (χ0v) is 6.93. The number of hydrogen-bond acceptors (Lipinski definition) is 2. The van der Waals surface area contributed by atoms with E-state index in [9.17, 15) is 9.59 Å². The van der Waals surface area contributed by atoms with E-state index in [-0.39, 0.29) is 5.41 Å². The summed E-state index contributed by atoms with van der Waals surface area (Å²) in [5.41, 5.74) is 0.137. The predicted octanol–water partition coefficient (Wildman–Crippen LogP) is 1.72. The van der Waals surface area contributed by atoms with Crippen molar-refractivity contribution in [1.29, 1.82) is 0 Å². The highest BCUT2D eigenvalue weighted by atomic mass is 16.1. The maximum Gasteiger partial charge on any atom is 0.133 e. The molecule has 1 aliphatic rings. The van der Waals surface area contributed by atoms with Crippen molar-refractivity contribution in [2.75, 3.05) is 0 Å². The first kappa shape index (κ1) is 8.44. The second kappa shape index (κ2) is 3.16. The molecule has 0 saturated heterocycles. The van der Waals surface area contributed by atoms with Gasteiger partial charge in [0.1, 0.15) is 12.1 Å². The summed E-state index contributed by atoms with van der Waals surface area (Å²) in [6, 6.07) is 0. The van der Waals surface area contributed by atoms with Crippen LogP contribution in [0.25, 0.3) is 0 Å². The van der Waals surface area contributed by atoms with Crippen molar-refractivity contribution in [3.8, 4) is 0 Å². The molecule has 0 amide bonds. The maximum absolute atomic E-state index is 10.9. The minimum absolute atomic E-state index is 0.137. The quantitative estimate of drug-likeness (QED) is 0.580. The lowest BCUT2D eigenvalue weighted by Crippen LogP contribution is -2.11. The number of carbonyl (C=O) groups excluding carboxylic acids is 2. The van der Waals surface area contributed by atoms with Gasteiger partial charge in [-0.2, -0.15) is 0 Å². The number of rotatable bonds is 3. The van der Waals surface area contributed by atoms with E-state index in [1.54, 1.807) is 0 Å². The Bertz CT molecular complexity index is 174. The highest BCUT2D eigenvalue weighted by Gasteiger charge is 2.32. The molecule has 0 aromatic carbocycles. The molecule has 1 saturated carbocycles. The van der Waals surface area contributed by atoms with Gasteiger partial charge in [0.2, 0.25) is 0 Å². The van der Waals surface area contributed by atoms with Crippen LogP contribution in [0.5, 0.6) is 0 Å². The Morgan fingerprint density at radius 3 is 2.82 bits per heavy atom. The summed E-state index contributed by atoms with van der Waals surface area (Å²) in [7, 11) is 0. The fraction of sp³-hybridized carbons (Fsp3) is 0.778. The van der Waals surface area contributed by atoms with Crippen LogP contribution >= 0.6 is 0 Å². The summed E-state index contributed by atoms with van der Waals surface area (Å²) < 4.78 is 0. The van der Waals surface area contributed by atoms with Gasteiger partial charge < -0.3 is 4.79 Å². The van der Waals surface area contributed by atoms with E-state index in [4.69, 9.17) is 0 Å². The van der Waals surface area contributed by atoms with E-state index in [2.05, 4.69) is 6.92 Å². The van der Waals surface area contributed by atoms with Gasteiger partial charge in [0.25, 0.3) is 0 Å². The standard InChI is InChI=1S/C9H14O2/c1-9(4-2-6-10)5-3-8(11)7-9/h6H,2-5,7H2,1H3. The summed E-state index contributed by atoms with van der Waals surface area (Å²) in [6.45, 7) is 2.10. The first-order valence-electron chi connectivity index (χ1n) is 4.12. The van der Waals surface area contributed by atoms with Crippen molar-refractivity contribution in [3.05, 3.63) is 0 Å². The van der Waals surface area contributed by atoms with Gasteiger partial charge in [0, 0.05) is 19.3 Å². The largest absolute Gasteiger partial charge is 0.303 e. The summed E-state index contributed by atoms with van der Waals surface area (Å²) in [5.74, 6) is 0.360. The second-order valence-electron chi connectivity index (χ2n) is 3.73. The topological polar surface area (TPSA) is 34.1 Å². The first-order valence-corrected chi connectivity index (χ1v) is 4.12. The summed E-state index contributed by atoms with van der Waals surface area (Å²) in [6.07, 6.45) is 4.79. The SMILES string of the molecule is CC1(CCC=O)CCC(=O)C1. The summed E-state index contributed by atoms with van der Waals surface area (Å²) >= 11 is 0. The summed E-state index contributed by atoms with van der Waals surface area (Å²) in [4.78, 5) is 21.0. The van der Waals surface area contributed by atoms with Gasteiger partial charge in [-0.1, -0.05) is 6.92 Å². The van der Waals surface area contributed by atoms with Crippen LogP contribution < -0.4 is 0 Å². The molecule has 0 aromatic rings. The molecule has 0 radical (unpaired) electrons. The monoisotopic (exact) mass is 154 g/mol. The minimum Gasteiger partial charge on any atom is -0.303 e. The average Bonchev–Trinajstić information content (AvgIpc) is 2.28. The van der Waals surface area contributed by atoms with Crippen LogP contribution in [0.1, 0.15) is 39.0 Å². The Labute approximate surface area is 67.0 Å². The van der Waals surface area contributed by atoms with Crippen molar-refractivity contribution >= 4 is 12.1 Å². The lowest BCUT2D eigenvalue weighted by molar-refractivity contribution is -0.118. The van der Waals surface area contributed by atoms with Gasteiger partial charge in [0.05, 0.1) is 0 Å². The van der Waals surface area contributed by atoms with Crippen molar-refractivity contribution < 1.29 is 9.59 Å². The summed E-state index contributed by atoms with van der Waals surface area (Å²) in [5, 5.41) is 0. The fourth-order valence-electron chi connectivity index (χ4n) is 1.71. The van der Waals surface area contributed by atoms with Crippen LogP contribution in [0.4, 0.5) is 0 Å². The Kier molecular flexibility index (Phi) is 2.42. The van der Waals surface area contributed by atoms with E-state index < -0.39 is 0 Å². The third kappa shape index (κ3) is 2.14. The van der Waals surface area contributed by atoms with Crippen molar-refractivity contribution in [2.45, 2.75) is 39.0 Å². The van der Waals surface area contributed by atoms with Crippen LogP contribution in [0.3, 0.4) is 0 Å². The predicted molar refractivity (Wildman–Crippen MR) is 42.3 cm³/mol. The molecule has 0 bridgehead atoms. The lowest BCUT2D eigenvalue weighted by atomic mass is 9.84. The third-order valence-electron chi connectivity index (χ3n) is 2.50. The second-order valence-corrected chi connectivity index (χ2v) is 3.73. The molecule has 0 aliphatic heterocycles. The Hall–Kier alpha value is -0.660. The fourth-order valence-corrected chi connectivity index (χ4v) is 1.71. The lowest BCUT2D eigenvalue weighted by Gasteiger charge is -2.20. The zero-order valence-electron chi connectivity index (χ0n) is 6.93. The highest BCUT2D eigenvalue weighted by molar-refractivity contribution is 5.81. The zero-order chi connectivity index (χ0) is 8.32. The molecule has 1 rings (SSSR count). The number of carbonyl (C=O) groups is 2. The van der Waals surface area contributed by atoms with Crippen LogP contribution in [0.15, 0.2) is 0 Å². The number of aldehydes is 1. The van der Waals surface area contributed by atoms with E-state index in [0.717, 1.165) is 25.5 Å². The van der Waals surface area contributed by atoms with Gasteiger partial charge in [-0.3, -0.25) is 4.79 Å². The van der Waals surface area contributed by atoms with Crippen LogP contribution in [0.2, 0.25) is 0 Å². The molecule has 1 atom stereocenters. The van der Waals surface area contributed by atoms with Crippen molar-refractivity contribution in [1.82, 2.24) is 0 Å². The minimum atomic E-state index is 0.137. The molecule has 0 N–H and O–H groups in total. The molecule has 0 heterocycles.